The average Bonchev–Trinajstić information content (AvgIpc) is 2.96. The summed E-state index contributed by atoms with van der Waals surface area (Å²) in [5, 5.41) is 2.98. The van der Waals surface area contributed by atoms with Crippen LogP contribution in [0.5, 0.6) is 5.75 Å². The number of aromatic nitrogens is 1. The number of carbonyl (C=O) groups excluding carboxylic acids is 1. The number of pyridine rings is 1. The number of nitrogens with one attached hydrogen (secondary N) is 1. The summed E-state index contributed by atoms with van der Waals surface area (Å²) in [6.45, 7) is 0.423. The predicted octanol–water partition coefficient (Wildman–Crippen LogP) is 4.37. The normalized spacial score (nSPS) is 14.4. The van der Waals surface area contributed by atoms with E-state index in [-0.39, 0.29) is 5.91 Å². The molecule has 1 aliphatic carbocycles. The minimum absolute atomic E-state index is 0.174. The van der Waals surface area contributed by atoms with Gasteiger partial charge < -0.3 is 10.1 Å². The molecule has 1 N–H and O–H groups in total. The summed E-state index contributed by atoms with van der Waals surface area (Å²) < 4.78 is 5.55. The zero-order valence-corrected chi connectivity index (χ0v) is 14.6. The number of amides is 1. The van der Waals surface area contributed by atoms with E-state index in [4.69, 9.17) is 4.74 Å². The molecule has 0 fully saturated rings. The van der Waals surface area contributed by atoms with Crippen LogP contribution in [-0.2, 0) is 6.54 Å². The molecule has 0 atom stereocenters. The standard InChI is InChI=1S/C21H24N2O2/c1-25-20-13-8-11-17(16-9-4-2-3-5-10-16)18(20)15-23-21(24)19-12-6-7-14-22-19/h6-9,11-14H,2-5,10,15H2,1H3,(H,23,24). The van der Waals surface area contributed by atoms with E-state index in [1.54, 1.807) is 25.4 Å². The third-order valence-corrected chi connectivity index (χ3v) is 4.56. The van der Waals surface area contributed by atoms with Gasteiger partial charge in [-0.3, -0.25) is 9.78 Å². The molecule has 4 heteroatoms. The average molecular weight is 336 g/mol. The molecule has 4 nitrogen and oxygen atoms in total. The molecule has 0 unspecified atom stereocenters. The molecule has 0 radical (unpaired) electrons. The van der Waals surface area contributed by atoms with Gasteiger partial charge in [-0.25, -0.2) is 0 Å². The lowest BCUT2D eigenvalue weighted by Crippen LogP contribution is -2.24. The quantitative estimate of drug-likeness (QED) is 0.882. The molecule has 0 aliphatic heterocycles. The van der Waals surface area contributed by atoms with Crippen LogP contribution in [-0.4, -0.2) is 18.0 Å². The molecule has 0 saturated carbocycles. The molecule has 130 valence electrons. The van der Waals surface area contributed by atoms with Gasteiger partial charge in [0.05, 0.1) is 7.11 Å². The molecule has 25 heavy (non-hydrogen) atoms. The van der Waals surface area contributed by atoms with Gasteiger partial charge in [0.25, 0.3) is 5.91 Å². The Morgan fingerprint density at radius 3 is 2.88 bits per heavy atom. The Hall–Kier alpha value is -2.62. The van der Waals surface area contributed by atoms with Gasteiger partial charge in [0.1, 0.15) is 11.4 Å². The molecule has 0 saturated heterocycles. The highest BCUT2D eigenvalue weighted by Gasteiger charge is 2.15. The Morgan fingerprint density at radius 1 is 1.16 bits per heavy atom. The summed E-state index contributed by atoms with van der Waals surface area (Å²) >= 11 is 0. The summed E-state index contributed by atoms with van der Waals surface area (Å²) in [6, 6.07) is 11.4. The number of hydrogen-bond donors (Lipinski definition) is 1. The lowest BCUT2D eigenvalue weighted by Gasteiger charge is -2.16. The van der Waals surface area contributed by atoms with E-state index in [0.29, 0.717) is 12.2 Å². The van der Waals surface area contributed by atoms with Crippen LogP contribution in [0.25, 0.3) is 5.57 Å². The van der Waals surface area contributed by atoms with Gasteiger partial charge in [-0.2, -0.15) is 0 Å². The fraction of sp³-hybridized carbons (Fsp3) is 0.333. The van der Waals surface area contributed by atoms with Crippen LogP contribution >= 0.6 is 0 Å². The van der Waals surface area contributed by atoms with Crippen LogP contribution in [0.15, 0.2) is 48.7 Å². The van der Waals surface area contributed by atoms with Gasteiger partial charge in [0.2, 0.25) is 0 Å². The molecule has 2 aromatic rings. The summed E-state index contributed by atoms with van der Waals surface area (Å²) in [7, 11) is 1.67. The first kappa shape index (κ1) is 17.2. The van der Waals surface area contributed by atoms with Gasteiger partial charge in [0.15, 0.2) is 0 Å². The first-order valence-electron chi connectivity index (χ1n) is 8.84. The lowest BCUT2D eigenvalue weighted by atomic mass is 9.95. The molecule has 0 bridgehead atoms. The molecule has 1 aromatic heterocycles. The van der Waals surface area contributed by atoms with Gasteiger partial charge in [-0.05, 0) is 55.0 Å². The van der Waals surface area contributed by atoms with Crippen molar-refractivity contribution in [2.45, 2.75) is 38.6 Å². The van der Waals surface area contributed by atoms with Gasteiger partial charge in [0, 0.05) is 18.3 Å². The van der Waals surface area contributed by atoms with E-state index in [0.717, 1.165) is 24.2 Å². The molecule has 0 spiro atoms. The number of rotatable bonds is 5. The van der Waals surface area contributed by atoms with Crippen molar-refractivity contribution >= 4 is 11.5 Å². The van der Waals surface area contributed by atoms with Crippen molar-refractivity contribution in [1.82, 2.24) is 10.3 Å². The Balaban J connectivity index is 1.84. The topological polar surface area (TPSA) is 51.2 Å². The maximum Gasteiger partial charge on any atom is 0.270 e. The van der Waals surface area contributed by atoms with E-state index >= 15 is 0 Å². The van der Waals surface area contributed by atoms with Crippen LogP contribution in [0, 0.1) is 0 Å². The van der Waals surface area contributed by atoms with Crippen molar-refractivity contribution in [3.63, 3.8) is 0 Å². The van der Waals surface area contributed by atoms with Crippen LogP contribution in [0.3, 0.4) is 0 Å². The number of benzene rings is 1. The molecular weight excluding hydrogens is 312 g/mol. The zero-order chi connectivity index (χ0) is 17.5. The van der Waals surface area contributed by atoms with Crippen LogP contribution in [0.1, 0.15) is 53.7 Å². The summed E-state index contributed by atoms with van der Waals surface area (Å²) in [5.74, 6) is 0.635. The van der Waals surface area contributed by atoms with Gasteiger partial charge in [-0.15, -0.1) is 0 Å². The maximum atomic E-state index is 12.3. The molecule has 1 aromatic carbocycles. The van der Waals surface area contributed by atoms with E-state index < -0.39 is 0 Å². The summed E-state index contributed by atoms with van der Waals surface area (Å²) in [4.78, 5) is 16.4. The highest BCUT2D eigenvalue weighted by atomic mass is 16.5. The molecular formula is C21H24N2O2. The minimum Gasteiger partial charge on any atom is -0.496 e. The van der Waals surface area contributed by atoms with E-state index in [9.17, 15) is 4.79 Å². The van der Waals surface area contributed by atoms with Crippen LogP contribution in [0.4, 0.5) is 0 Å². The zero-order valence-electron chi connectivity index (χ0n) is 14.6. The van der Waals surface area contributed by atoms with Crippen LogP contribution in [0.2, 0.25) is 0 Å². The van der Waals surface area contributed by atoms with Crippen molar-refractivity contribution in [2.75, 3.05) is 7.11 Å². The number of ether oxygens (including phenoxy) is 1. The number of hydrogen-bond acceptors (Lipinski definition) is 3. The Bertz CT molecular complexity index is 754. The summed E-state index contributed by atoms with van der Waals surface area (Å²) in [5.41, 5.74) is 4.00. The molecule has 1 amide bonds. The van der Waals surface area contributed by atoms with Crippen molar-refractivity contribution in [2.24, 2.45) is 0 Å². The number of allylic oxidation sites excluding steroid dienone is 2. The largest absolute Gasteiger partial charge is 0.496 e. The van der Waals surface area contributed by atoms with E-state index in [1.165, 1.54) is 30.4 Å². The third-order valence-electron chi connectivity index (χ3n) is 4.56. The van der Waals surface area contributed by atoms with E-state index in [2.05, 4.69) is 22.4 Å². The monoisotopic (exact) mass is 336 g/mol. The predicted molar refractivity (Wildman–Crippen MR) is 99.5 cm³/mol. The highest BCUT2D eigenvalue weighted by Crippen LogP contribution is 2.32. The molecule has 1 aliphatic rings. The van der Waals surface area contributed by atoms with Gasteiger partial charge >= 0.3 is 0 Å². The van der Waals surface area contributed by atoms with Crippen molar-refractivity contribution < 1.29 is 9.53 Å². The van der Waals surface area contributed by atoms with Crippen molar-refractivity contribution in [3.05, 3.63) is 65.5 Å². The first-order chi connectivity index (χ1) is 12.3. The van der Waals surface area contributed by atoms with Crippen LogP contribution < -0.4 is 10.1 Å². The van der Waals surface area contributed by atoms with Crippen molar-refractivity contribution in [1.29, 1.82) is 0 Å². The fourth-order valence-electron chi connectivity index (χ4n) is 3.26. The SMILES string of the molecule is COc1cccc(C2=CCCCCC2)c1CNC(=O)c1ccccn1. The number of methoxy groups -OCH3 is 1. The maximum absolute atomic E-state index is 12.3. The van der Waals surface area contributed by atoms with Gasteiger partial charge in [-0.1, -0.05) is 30.7 Å². The fourth-order valence-corrected chi connectivity index (χ4v) is 3.26. The Kier molecular flexibility index (Phi) is 5.83. The summed E-state index contributed by atoms with van der Waals surface area (Å²) in [6.07, 6.45) is 9.89. The number of carbonyl (C=O) groups is 1. The Morgan fingerprint density at radius 2 is 2.08 bits per heavy atom. The molecule has 3 rings (SSSR count). The van der Waals surface area contributed by atoms with E-state index in [1.807, 2.05) is 18.2 Å². The smallest absolute Gasteiger partial charge is 0.270 e. The second-order valence-corrected chi connectivity index (χ2v) is 6.21. The minimum atomic E-state index is -0.174. The lowest BCUT2D eigenvalue weighted by molar-refractivity contribution is 0.0945. The first-order valence-corrected chi connectivity index (χ1v) is 8.84. The number of nitrogens with zero attached hydrogens (tertiary/aromatic N) is 1. The second kappa shape index (κ2) is 8.47. The molecule has 1 heterocycles. The Labute approximate surface area is 148 Å². The highest BCUT2D eigenvalue weighted by molar-refractivity contribution is 5.92. The third kappa shape index (κ3) is 4.27. The second-order valence-electron chi connectivity index (χ2n) is 6.21. The van der Waals surface area contributed by atoms with Crippen molar-refractivity contribution in [3.8, 4) is 5.75 Å².